The maximum Gasteiger partial charge on any atom is 0.333 e. The van der Waals surface area contributed by atoms with Gasteiger partial charge in [-0.3, -0.25) is 14.9 Å². The molecule has 9 nitrogen and oxygen atoms in total. The van der Waals surface area contributed by atoms with Gasteiger partial charge >= 0.3 is 11.9 Å². The van der Waals surface area contributed by atoms with Crippen molar-refractivity contribution < 1.29 is 18.7 Å². The van der Waals surface area contributed by atoms with Gasteiger partial charge in [-0.1, -0.05) is 18.2 Å². The Morgan fingerprint density at radius 2 is 2.03 bits per heavy atom. The average Bonchev–Trinajstić information content (AvgIpc) is 3.39. The number of rotatable bonds is 5. The second kappa shape index (κ2) is 8.73. The number of ether oxygens (including phenoxy) is 1. The monoisotopic (exact) mass is 409 g/mol. The van der Waals surface area contributed by atoms with Crippen molar-refractivity contribution in [3.63, 3.8) is 0 Å². The lowest BCUT2D eigenvalue weighted by Crippen LogP contribution is -2.48. The molecule has 0 radical (unpaired) electrons. The molecule has 1 aliphatic carbocycles. The molecule has 1 unspecified atom stereocenters. The molecule has 4 rings (SSSR count). The number of furan rings is 1. The topological polar surface area (TPSA) is 110 Å². The molecule has 9 heteroatoms. The highest BCUT2D eigenvalue weighted by Crippen LogP contribution is 2.28. The van der Waals surface area contributed by atoms with E-state index in [0.717, 1.165) is 30.5 Å². The molecule has 1 aromatic carbocycles. The summed E-state index contributed by atoms with van der Waals surface area (Å²) in [6, 6.07) is 11.9. The first kappa shape index (κ1) is 19.6. The zero-order valence-corrected chi connectivity index (χ0v) is 16.6. The van der Waals surface area contributed by atoms with Gasteiger partial charge in [-0.2, -0.15) is 5.10 Å². The quantitative estimate of drug-likeness (QED) is 0.561. The van der Waals surface area contributed by atoms with E-state index in [2.05, 4.69) is 21.3 Å². The first-order chi connectivity index (χ1) is 14.6. The Hall–Kier alpha value is -3.75. The van der Waals surface area contributed by atoms with E-state index in [1.165, 1.54) is 6.07 Å². The largest absolute Gasteiger partial charge is 0.486 e. The fourth-order valence-electron chi connectivity index (χ4n) is 3.47. The van der Waals surface area contributed by atoms with Gasteiger partial charge in [0.2, 0.25) is 0 Å². The van der Waals surface area contributed by atoms with Gasteiger partial charge in [0.1, 0.15) is 18.1 Å². The van der Waals surface area contributed by atoms with Crippen molar-refractivity contribution in [1.29, 1.82) is 0 Å². The predicted molar refractivity (Wildman–Crippen MR) is 108 cm³/mol. The number of para-hydroxylation sites is 1. The minimum Gasteiger partial charge on any atom is -0.486 e. The Morgan fingerprint density at radius 1 is 1.20 bits per heavy atom. The molecule has 1 aliphatic rings. The maximum atomic E-state index is 12.2. The summed E-state index contributed by atoms with van der Waals surface area (Å²) in [7, 11) is 1.89. The number of amides is 3. The van der Waals surface area contributed by atoms with Crippen LogP contribution in [0.5, 0.6) is 5.75 Å². The summed E-state index contributed by atoms with van der Waals surface area (Å²) in [5, 5.41) is 7.13. The highest BCUT2D eigenvalue weighted by molar-refractivity contribution is 5.92. The van der Waals surface area contributed by atoms with Gasteiger partial charge in [-0.05, 0) is 43.5 Å². The van der Waals surface area contributed by atoms with Gasteiger partial charge in [-0.15, -0.1) is 0 Å². The van der Waals surface area contributed by atoms with Crippen LogP contribution in [0.2, 0.25) is 0 Å². The first-order valence-corrected chi connectivity index (χ1v) is 9.74. The van der Waals surface area contributed by atoms with Crippen molar-refractivity contribution in [2.24, 2.45) is 7.05 Å². The molecule has 0 saturated heterocycles. The molecule has 2 aromatic heterocycles. The molecule has 30 heavy (non-hydrogen) atoms. The first-order valence-electron chi connectivity index (χ1n) is 9.74. The average molecular weight is 409 g/mol. The summed E-state index contributed by atoms with van der Waals surface area (Å²) in [4.78, 5) is 24.4. The van der Waals surface area contributed by atoms with Gasteiger partial charge in [0.25, 0.3) is 0 Å². The number of nitrogens with one attached hydrogen (secondary N) is 3. The number of carbonyl (C=O) groups excluding carboxylic acids is 2. The Bertz CT molecular complexity index is 1030. The summed E-state index contributed by atoms with van der Waals surface area (Å²) in [6.07, 6.45) is 4.50. The summed E-state index contributed by atoms with van der Waals surface area (Å²) in [5.41, 5.74) is 6.85. The fraction of sp³-hybridized carbons (Fsp3) is 0.286. The molecule has 1 atom stereocenters. The normalized spacial score (nSPS) is 15.2. The van der Waals surface area contributed by atoms with Crippen molar-refractivity contribution >= 4 is 11.9 Å². The number of nitrogens with zero attached hydrogens (tertiary/aromatic N) is 2. The second-order valence-electron chi connectivity index (χ2n) is 7.04. The van der Waals surface area contributed by atoms with Crippen LogP contribution >= 0.6 is 0 Å². The van der Waals surface area contributed by atoms with E-state index in [4.69, 9.17) is 9.15 Å². The van der Waals surface area contributed by atoms with Gasteiger partial charge < -0.3 is 14.5 Å². The number of hydrogen-bond acceptors (Lipinski definition) is 5. The van der Waals surface area contributed by atoms with Crippen LogP contribution in [0.1, 0.15) is 46.5 Å². The van der Waals surface area contributed by atoms with Crippen LogP contribution in [-0.4, -0.2) is 21.7 Å². The molecular formula is C21H23N5O4. The van der Waals surface area contributed by atoms with Crippen LogP contribution in [0.15, 0.2) is 53.1 Å². The molecule has 3 amide bonds. The van der Waals surface area contributed by atoms with Crippen LogP contribution < -0.4 is 20.9 Å². The van der Waals surface area contributed by atoms with E-state index in [0.29, 0.717) is 11.5 Å². The number of fused-ring (bicyclic) bond motifs is 1. The number of hydrazine groups is 1. The van der Waals surface area contributed by atoms with Crippen LogP contribution in [0, 0.1) is 0 Å². The van der Waals surface area contributed by atoms with Gasteiger partial charge in [0.05, 0.1) is 12.2 Å². The molecule has 0 bridgehead atoms. The molecule has 0 saturated carbocycles. The van der Waals surface area contributed by atoms with Gasteiger partial charge in [0, 0.05) is 18.3 Å². The molecule has 3 N–H and O–H groups in total. The minimum absolute atomic E-state index is 0.0779. The molecule has 0 fully saturated rings. The predicted octanol–water partition coefficient (Wildman–Crippen LogP) is 2.61. The van der Waals surface area contributed by atoms with Crippen LogP contribution in [-0.2, 0) is 20.1 Å². The second-order valence-corrected chi connectivity index (χ2v) is 7.04. The third-order valence-electron chi connectivity index (χ3n) is 4.98. The van der Waals surface area contributed by atoms with E-state index in [1.54, 1.807) is 12.3 Å². The lowest BCUT2D eigenvalue weighted by Gasteiger charge is -2.23. The zero-order chi connectivity index (χ0) is 20.9. The molecular weight excluding hydrogens is 386 g/mol. The number of benzene rings is 1. The van der Waals surface area contributed by atoms with Crippen molar-refractivity contribution in [2.45, 2.75) is 31.9 Å². The van der Waals surface area contributed by atoms with E-state index in [9.17, 15) is 9.59 Å². The number of carbonyl (C=O) groups is 2. The van der Waals surface area contributed by atoms with Gasteiger partial charge in [-0.25, -0.2) is 10.2 Å². The number of aromatic nitrogens is 2. The minimum atomic E-state index is -0.554. The van der Waals surface area contributed by atoms with E-state index in [-0.39, 0.29) is 18.4 Å². The van der Waals surface area contributed by atoms with Crippen LogP contribution in [0.3, 0.4) is 0 Å². The Labute approximate surface area is 173 Å². The van der Waals surface area contributed by atoms with Crippen molar-refractivity contribution in [3.05, 3.63) is 71.4 Å². The number of aryl methyl sites for hydroxylation is 1. The third kappa shape index (κ3) is 4.45. The smallest absolute Gasteiger partial charge is 0.333 e. The molecule has 0 aliphatic heterocycles. The Kier molecular flexibility index (Phi) is 5.69. The summed E-state index contributed by atoms with van der Waals surface area (Å²) < 4.78 is 12.9. The summed E-state index contributed by atoms with van der Waals surface area (Å²) in [6.45, 7) is 0.195. The van der Waals surface area contributed by atoms with Crippen LogP contribution in [0.4, 0.5) is 4.79 Å². The van der Waals surface area contributed by atoms with E-state index < -0.39 is 11.9 Å². The maximum absolute atomic E-state index is 12.2. The Morgan fingerprint density at radius 3 is 2.87 bits per heavy atom. The number of urea groups is 1. The summed E-state index contributed by atoms with van der Waals surface area (Å²) in [5.74, 6) is 0.730. The highest BCUT2D eigenvalue weighted by atomic mass is 16.5. The van der Waals surface area contributed by atoms with Crippen molar-refractivity contribution in [2.75, 3.05) is 0 Å². The summed E-state index contributed by atoms with van der Waals surface area (Å²) >= 11 is 0. The lowest BCUT2D eigenvalue weighted by atomic mass is 9.93. The third-order valence-corrected chi connectivity index (χ3v) is 4.98. The fourth-order valence-corrected chi connectivity index (χ4v) is 3.47. The van der Waals surface area contributed by atoms with E-state index >= 15 is 0 Å². The molecule has 3 aromatic rings. The standard InChI is InChI=1S/C21H23N5O4/c1-26-18-9-5-8-17(16(18)12-22-26)23-21(28)25-24-20(27)19-11-10-15(30-19)13-29-14-6-3-2-4-7-14/h2-4,6-7,10-12,17H,5,8-9,13H2,1H3,(H,24,27)(H2,23,25,28). The SMILES string of the molecule is Cn1ncc2c1CCCC2NC(=O)NNC(=O)c1ccc(COc2ccccc2)o1. The van der Waals surface area contributed by atoms with Crippen LogP contribution in [0.25, 0.3) is 0 Å². The lowest BCUT2D eigenvalue weighted by molar-refractivity contribution is 0.0903. The molecule has 2 heterocycles. The Balaban J connectivity index is 1.26. The zero-order valence-electron chi connectivity index (χ0n) is 16.6. The number of hydrogen-bond donors (Lipinski definition) is 3. The van der Waals surface area contributed by atoms with Crippen molar-refractivity contribution in [3.8, 4) is 5.75 Å². The molecule has 0 spiro atoms. The molecule has 156 valence electrons. The van der Waals surface area contributed by atoms with Crippen molar-refractivity contribution in [1.82, 2.24) is 25.9 Å². The highest BCUT2D eigenvalue weighted by Gasteiger charge is 2.25. The van der Waals surface area contributed by atoms with E-state index in [1.807, 2.05) is 42.1 Å². The van der Waals surface area contributed by atoms with Gasteiger partial charge in [0.15, 0.2) is 5.76 Å².